The third-order valence-corrected chi connectivity index (χ3v) is 9.43. The van der Waals surface area contributed by atoms with Crippen molar-refractivity contribution in [1.29, 1.82) is 0 Å². The summed E-state index contributed by atoms with van der Waals surface area (Å²) >= 11 is 0. The summed E-state index contributed by atoms with van der Waals surface area (Å²) in [5.41, 5.74) is 10.2. The molecule has 6 nitrogen and oxygen atoms in total. The molecule has 10 rings (SSSR count). The van der Waals surface area contributed by atoms with Gasteiger partial charge in [-0.1, -0.05) is 133 Å². The van der Waals surface area contributed by atoms with Crippen molar-refractivity contribution >= 4 is 43.7 Å². The van der Waals surface area contributed by atoms with Gasteiger partial charge in [-0.3, -0.25) is 9.55 Å². The van der Waals surface area contributed by atoms with E-state index in [1.807, 2.05) is 66.9 Å². The van der Waals surface area contributed by atoms with Crippen molar-refractivity contribution in [3.63, 3.8) is 0 Å². The van der Waals surface area contributed by atoms with Gasteiger partial charge in [-0.15, -0.1) is 0 Å². The molecule has 0 fully saturated rings. The molecule has 4 aromatic heterocycles. The first-order valence-corrected chi connectivity index (χ1v) is 16.7. The lowest BCUT2D eigenvalue weighted by atomic mass is 10.0. The summed E-state index contributed by atoms with van der Waals surface area (Å²) in [7, 11) is 0. The highest BCUT2D eigenvalue weighted by Gasteiger charge is 2.23. The fraction of sp³-hybridized carbons (Fsp3) is 0. The highest BCUT2D eigenvalue weighted by Crippen LogP contribution is 2.42. The summed E-state index contributed by atoms with van der Waals surface area (Å²) in [5.74, 6) is 1.80. The van der Waals surface area contributed by atoms with Crippen molar-refractivity contribution in [2.24, 2.45) is 0 Å². The van der Waals surface area contributed by atoms with Gasteiger partial charge in [0.2, 0.25) is 5.95 Å². The lowest BCUT2D eigenvalue weighted by Gasteiger charge is -2.15. The van der Waals surface area contributed by atoms with E-state index in [0.717, 1.165) is 71.7 Å². The number of benzene rings is 6. The number of rotatable bonds is 5. The van der Waals surface area contributed by atoms with Crippen molar-refractivity contribution in [3.8, 4) is 45.5 Å². The van der Waals surface area contributed by atoms with Crippen LogP contribution in [0.4, 0.5) is 0 Å². The fourth-order valence-corrected chi connectivity index (χ4v) is 7.27. The van der Waals surface area contributed by atoms with Gasteiger partial charge < -0.3 is 4.57 Å². The minimum Gasteiger partial charge on any atom is -0.307 e. The van der Waals surface area contributed by atoms with E-state index in [0.29, 0.717) is 17.6 Å². The Balaban J connectivity index is 1.34. The van der Waals surface area contributed by atoms with E-state index < -0.39 is 0 Å². The van der Waals surface area contributed by atoms with Crippen molar-refractivity contribution in [2.75, 3.05) is 0 Å². The molecule has 0 aliphatic heterocycles. The highest BCUT2D eigenvalue weighted by atomic mass is 15.2. The first-order valence-electron chi connectivity index (χ1n) is 16.7. The number of pyridine rings is 1. The van der Waals surface area contributed by atoms with E-state index in [2.05, 4.69) is 112 Å². The van der Waals surface area contributed by atoms with Gasteiger partial charge in [0.15, 0.2) is 11.6 Å². The lowest BCUT2D eigenvalue weighted by molar-refractivity contribution is 0.954. The molecule has 6 heteroatoms. The van der Waals surface area contributed by atoms with Crippen LogP contribution in [0.3, 0.4) is 0 Å². The Morgan fingerprint density at radius 3 is 1.60 bits per heavy atom. The topological polar surface area (TPSA) is 61.4 Å². The Morgan fingerprint density at radius 2 is 0.920 bits per heavy atom. The summed E-state index contributed by atoms with van der Waals surface area (Å²) in [5, 5.41) is 3.35. The van der Waals surface area contributed by atoms with E-state index in [-0.39, 0.29) is 0 Å². The first-order chi connectivity index (χ1) is 24.8. The predicted octanol–water partition coefficient (Wildman–Crippen LogP) is 10.5. The van der Waals surface area contributed by atoms with E-state index in [9.17, 15) is 0 Å². The van der Waals surface area contributed by atoms with E-state index >= 15 is 0 Å². The van der Waals surface area contributed by atoms with E-state index in [4.69, 9.17) is 19.9 Å². The zero-order valence-electron chi connectivity index (χ0n) is 26.8. The third kappa shape index (κ3) is 4.36. The van der Waals surface area contributed by atoms with Gasteiger partial charge in [0.1, 0.15) is 0 Å². The molecule has 0 amide bonds. The Kier molecular flexibility index (Phi) is 6.39. The molecule has 0 bridgehead atoms. The normalized spacial score (nSPS) is 11.6. The van der Waals surface area contributed by atoms with Crippen molar-refractivity contribution in [3.05, 3.63) is 170 Å². The number of para-hydroxylation sites is 4. The molecular weight excluding hydrogens is 613 g/mol. The predicted molar refractivity (Wildman–Crippen MR) is 203 cm³/mol. The summed E-state index contributed by atoms with van der Waals surface area (Å²) in [4.78, 5) is 20.3. The van der Waals surface area contributed by atoms with Gasteiger partial charge in [-0.25, -0.2) is 4.98 Å². The quantitative estimate of drug-likeness (QED) is 0.188. The van der Waals surface area contributed by atoms with Gasteiger partial charge in [0, 0.05) is 50.3 Å². The van der Waals surface area contributed by atoms with Crippen LogP contribution in [0, 0.1) is 0 Å². The minimum absolute atomic E-state index is 0.560. The number of hydrogen-bond donors (Lipinski definition) is 0. The van der Waals surface area contributed by atoms with Crippen LogP contribution >= 0.6 is 0 Å². The lowest BCUT2D eigenvalue weighted by Crippen LogP contribution is -2.07. The maximum atomic E-state index is 5.19. The Bertz CT molecular complexity index is 2800. The molecule has 234 valence electrons. The standard InChI is InChI=1S/C44H28N6/c1-4-15-29(16-5-1)42-46-43(30-17-6-2-7-18-30)48-44(47-42)50-37-25-12-10-21-32(37)33-23-14-24-34(40(33)50)35-27-28-45-39-36-22-11-13-26-38(36)49(41(35)39)31-19-8-3-9-20-31/h1-28H. The van der Waals surface area contributed by atoms with Crippen LogP contribution in [-0.2, 0) is 0 Å². The van der Waals surface area contributed by atoms with Gasteiger partial charge in [-0.05, 0) is 30.3 Å². The second kappa shape index (κ2) is 11.4. The van der Waals surface area contributed by atoms with Crippen LogP contribution in [-0.4, -0.2) is 29.1 Å². The number of fused-ring (bicyclic) bond motifs is 6. The number of nitrogens with zero attached hydrogens (tertiary/aromatic N) is 6. The van der Waals surface area contributed by atoms with Crippen LogP contribution in [0.2, 0.25) is 0 Å². The first kappa shape index (κ1) is 28.1. The molecule has 6 aromatic carbocycles. The zero-order valence-corrected chi connectivity index (χ0v) is 26.8. The maximum absolute atomic E-state index is 5.19. The molecular formula is C44H28N6. The van der Waals surface area contributed by atoms with Crippen LogP contribution < -0.4 is 0 Å². The second-order valence-electron chi connectivity index (χ2n) is 12.3. The molecule has 0 atom stereocenters. The molecule has 0 aliphatic carbocycles. The van der Waals surface area contributed by atoms with Gasteiger partial charge in [0.05, 0.1) is 27.6 Å². The van der Waals surface area contributed by atoms with Crippen molar-refractivity contribution in [1.82, 2.24) is 29.1 Å². The molecule has 0 radical (unpaired) electrons. The Hall–Kier alpha value is -6.92. The molecule has 10 aromatic rings. The number of hydrogen-bond acceptors (Lipinski definition) is 4. The Morgan fingerprint density at radius 1 is 0.380 bits per heavy atom. The fourth-order valence-electron chi connectivity index (χ4n) is 7.27. The monoisotopic (exact) mass is 640 g/mol. The molecule has 0 saturated carbocycles. The van der Waals surface area contributed by atoms with Gasteiger partial charge in [-0.2, -0.15) is 9.97 Å². The molecule has 4 heterocycles. The summed E-state index contributed by atoms with van der Waals surface area (Å²) in [6, 6.07) is 56.5. The summed E-state index contributed by atoms with van der Waals surface area (Å²) in [6.07, 6.45) is 1.93. The van der Waals surface area contributed by atoms with Crippen LogP contribution in [0.25, 0.3) is 89.3 Å². The van der Waals surface area contributed by atoms with Gasteiger partial charge >= 0.3 is 0 Å². The van der Waals surface area contributed by atoms with Crippen molar-refractivity contribution in [2.45, 2.75) is 0 Å². The average Bonchev–Trinajstić information content (AvgIpc) is 3.72. The number of aromatic nitrogens is 6. The smallest absolute Gasteiger partial charge is 0.238 e. The molecule has 0 spiro atoms. The van der Waals surface area contributed by atoms with Crippen LogP contribution in [0.1, 0.15) is 0 Å². The van der Waals surface area contributed by atoms with Crippen LogP contribution in [0.5, 0.6) is 0 Å². The van der Waals surface area contributed by atoms with Crippen molar-refractivity contribution < 1.29 is 0 Å². The summed E-state index contributed by atoms with van der Waals surface area (Å²) in [6.45, 7) is 0. The van der Waals surface area contributed by atoms with E-state index in [1.54, 1.807) is 0 Å². The maximum Gasteiger partial charge on any atom is 0.238 e. The Labute approximate surface area is 287 Å². The molecule has 0 aliphatic rings. The average molecular weight is 641 g/mol. The minimum atomic E-state index is 0.560. The van der Waals surface area contributed by atoms with E-state index in [1.165, 1.54) is 0 Å². The SMILES string of the molecule is c1ccc(-c2nc(-c3ccccc3)nc(-n3c4ccccc4c4cccc(-c5ccnc6c7ccccc7n(-c7ccccc7)c56)c43)n2)cc1. The highest BCUT2D eigenvalue weighted by molar-refractivity contribution is 6.18. The molecule has 0 N–H and O–H groups in total. The molecule has 0 saturated heterocycles. The molecule has 50 heavy (non-hydrogen) atoms. The summed E-state index contributed by atoms with van der Waals surface area (Å²) < 4.78 is 4.55. The third-order valence-electron chi connectivity index (χ3n) is 9.43. The second-order valence-corrected chi connectivity index (χ2v) is 12.3. The zero-order chi connectivity index (χ0) is 33.0. The molecule has 0 unspecified atom stereocenters. The van der Waals surface area contributed by atoms with Gasteiger partial charge in [0.25, 0.3) is 0 Å². The van der Waals surface area contributed by atoms with Crippen LogP contribution in [0.15, 0.2) is 170 Å². The largest absolute Gasteiger partial charge is 0.307 e.